The van der Waals surface area contributed by atoms with Gasteiger partial charge in [0.2, 0.25) is 0 Å². The first-order valence-corrected chi connectivity index (χ1v) is 8.36. The molecular formula is C22H19NO4. The number of esters is 1. The Kier molecular flexibility index (Phi) is 5.52. The van der Waals surface area contributed by atoms with Crippen LogP contribution in [-0.4, -0.2) is 26.1 Å². The van der Waals surface area contributed by atoms with E-state index < -0.39 is 5.97 Å². The van der Waals surface area contributed by atoms with Gasteiger partial charge in [-0.25, -0.2) is 4.79 Å². The molecule has 0 aromatic heterocycles. The second-order valence-electron chi connectivity index (χ2n) is 5.71. The number of ether oxygens (including phenoxy) is 2. The van der Waals surface area contributed by atoms with Gasteiger partial charge < -0.3 is 9.47 Å². The minimum atomic E-state index is -0.509. The van der Waals surface area contributed by atoms with Gasteiger partial charge in [0.15, 0.2) is 0 Å². The van der Waals surface area contributed by atoms with E-state index in [-0.39, 0.29) is 5.91 Å². The molecule has 0 N–H and O–H groups in total. The van der Waals surface area contributed by atoms with Gasteiger partial charge in [-0.05, 0) is 48.5 Å². The Balaban J connectivity index is 2.16. The standard InChI is InChI=1S/C22H19NO4/c1-26-18-14-12-17(13-15-18)23(21(24)16-8-4-3-5-9-16)20-11-7-6-10-19(20)22(25)27-2/h3-15H,1-2H3. The maximum absolute atomic E-state index is 13.3. The highest BCUT2D eigenvalue weighted by molar-refractivity contribution is 6.13. The molecule has 0 aliphatic rings. The van der Waals surface area contributed by atoms with Crippen LogP contribution in [0, 0.1) is 0 Å². The average molecular weight is 361 g/mol. The number of carbonyl (C=O) groups is 2. The van der Waals surface area contributed by atoms with Crippen LogP contribution in [0.25, 0.3) is 0 Å². The number of anilines is 2. The van der Waals surface area contributed by atoms with Gasteiger partial charge >= 0.3 is 5.97 Å². The lowest BCUT2D eigenvalue weighted by molar-refractivity contribution is 0.0601. The van der Waals surface area contributed by atoms with E-state index in [9.17, 15) is 9.59 Å². The van der Waals surface area contributed by atoms with Crippen LogP contribution in [0.4, 0.5) is 11.4 Å². The topological polar surface area (TPSA) is 55.8 Å². The Morgan fingerprint density at radius 2 is 1.41 bits per heavy atom. The number of nitrogens with zero attached hydrogens (tertiary/aromatic N) is 1. The third-order valence-corrected chi connectivity index (χ3v) is 4.10. The highest BCUT2D eigenvalue weighted by atomic mass is 16.5. The summed E-state index contributed by atoms with van der Waals surface area (Å²) < 4.78 is 10.1. The van der Waals surface area contributed by atoms with Crippen LogP contribution in [0.2, 0.25) is 0 Å². The van der Waals surface area contributed by atoms with Crippen LogP contribution in [0.5, 0.6) is 5.75 Å². The zero-order chi connectivity index (χ0) is 19.2. The monoisotopic (exact) mass is 361 g/mol. The van der Waals surface area contributed by atoms with Crippen LogP contribution in [0.15, 0.2) is 78.9 Å². The van der Waals surface area contributed by atoms with E-state index in [1.54, 1.807) is 79.9 Å². The van der Waals surface area contributed by atoms with Crippen LogP contribution in [0.1, 0.15) is 20.7 Å². The Labute approximate surface area is 157 Å². The number of rotatable bonds is 5. The van der Waals surface area contributed by atoms with Gasteiger partial charge in [0.1, 0.15) is 5.75 Å². The van der Waals surface area contributed by atoms with Gasteiger partial charge in [-0.1, -0.05) is 30.3 Å². The fourth-order valence-electron chi connectivity index (χ4n) is 2.76. The smallest absolute Gasteiger partial charge is 0.339 e. The van der Waals surface area contributed by atoms with Crippen LogP contribution >= 0.6 is 0 Å². The number of carbonyl (C=O) groups excluding carboxylic acids is 2. The van der Waals surface area contributed by atoms with Crippen LogP contribution in [-0.2, 0) is 4.74 Å². The summed E-state index contributed by atoms with van der Waals surface area (Å²) in [5.74, 6) is -0.0887. The van der Waals surface area contributed by atoms with E-state index in [1.165, 1.54) is 12.0 Å². The molecule has 5 nitrogen and oxygen atoms in total. The van der Waals surface area contributed by atoms with E-state index in [2.05, 4.69) is 0 Å². The zero-order valence-electron chi connectivity index (χ0n) is 15.1. The second kappa shape index (κ2) is 8.19. The maximum Gasteiger partial charge on any atom is 0.339 e. The summed E-state index contributed by atoms with van der Waals surface area (Å²) in [6.07, 6.45) is 0. The van der Waals surface area contributed by atoms with Crippen molar-refractivity contribution in [3.63, 3.8) is 0 Å². The summed E-state index contributed by atoms with van der Waals surface area (Å²) >= 11 is 0. The summed E-state index contributed by atoms with van der Waals surface area (Å²) in [5.41, 5.74) is 1.87. The fraction of sp³-hybridized carbons (Fsp3) is 0.0909. The molecule has 0 aliphatic heterocycles. The summed E-state index contributed by atoms with van der Waals surface area (Å²) in [5, 5.41) is 0. The molecule has 3 rings (SSSR count). The van der Waals surface area contributed by atoms with Crippen molar-refractivity contribution >= 4 is 23.3 Å². The zero-order valence-corrected chi connectivity index (χ0v) is 15.1. The molecule has 0 bridgehead atoms. The fourth-order valence-corrected chi connectivity index (χ4v) is 2.76. The number of hydrogen-bond donors (Lipinski definition) is 0. The molecule has 3 aromatic rings. The van der Waals surface area contributed by atoms with Crippen molar-refractivity contribution in [2.75, 3.05) is 19.1 Å². The molecule has 27 heavy (non-hydrogen) atoms. The van der Waals surface area contributed by atoms with Crippen molar-refractivity contribution in [1.29, 1.82) is 0 Å². The normalized spacial score (nSPS) is 10.1. The van der Waals surface area contributed by atoms with Gasteiger partial charge in [-0.15, -0.1) is 0 Å². The Bertz CT molecular complexity index is 936. The number of benzene rings is 3. The molecule has 0 aliphatic carbocycles. The highest BCUT2D eigenvalue weighted by Gasteiger charge is 2.24. The van der Waals surface area contributed by atoms with Crippen molar-refractivity contribution in [3.8, 4) is 5.75 Å². The van der Waals surface area contributed by atoms with E-state index >= 15 is 0 Å². The summed E-state index contributed by atoms with van der Waals surface area (Å²) in [6.45, 7) is 0. The number of para-hydroxylation sites is 1. The van der Waals surface area contributed by atoms with Crippen LogP contribution in [0.3, 0.4) is 0 Å². The highest BCUT2D eigenvalue weighted by Crippen LogP contribution is 2.32. The lowest BCUT2D eigenvalue weighted by atomic mass is 10.1. The van der Waals surface area contributed by atoms with E-state index in [0.29, 0.717) is 28.3 Å². The molecule has 5 heteroatoms. The first-order valence-electron chi connectivity index (χ1n) is 8.36. The largest absolute Gasteiger partial charge is 0.497 e. The first kappa shape index (κ1) is 18.2. The van der Waals surface area contributed by atoms with E-state index in [1.807, 2.05) is 6.07 Å². The van der Waals surface area contributed by atoms with Gasteiger partial charge in [-0.3, -0.25) is 9.69 Å². The third kappa shape index (κ3) is 3.82. The number of methoxy groups -OCH3 is 2. The molecule has 0 atom stereocenters. The van der Waals surface area contributed by atoms with Crippen molar-refractivity contribution in [2.24, 2.45) is 0 Å². The summed E-state index contributed by atoms with van der Waals surface area (Å²) in [4.78, 5) is 27.1. The summed E-state index contributed by atoms with van der Waals surface area (Å²) in [7, 11) is 2.89. The first-order chi connectivity index (χ1) is 13.2. The molecule has 3 aromatic carbocycles. The lowest BCUT2D eigenvalue weighted by Crippen LogP contribution is -2.27. The average Bonchev–Trinajstić information content (AvgIpc) is 2.74. The minimum absolute atomic E-state index is 0.253. The molecule has 136 valence electrons. The quantitative estimate of drug-likeness (QED) is 0.630. The number of amides is 1. The van der Waals surface area contributed by atoms with Gasteiger partial charge in [0.05, 0.1) is 25.5 Å². The van der Waals surface area contributed by atoms with Crippen molar-refractivity contribution in [1.82, 2.24) is 0 Å². The van der Waals surface area contributed by atoms with Gasteiger partial charge in [0.25, 0.3) is 5.91 Å². The van der Waals surface area contributed by atoms with Crippen molar-refractivity contribution in [2.45, 2.75) is 0 Å². The Hall–Kier alpha value is -3.60. The number of hydrogen-bond acceptors (Lipinski definition) is 4. The van der Waals surface area contributed by atoms with Crippen molar-refractivity contribution in [3.05, 3.63) is 90.0 Å². The molecule has 0 unspecified atom stereocenters. The van der Waals surface area contributed by atoms with Gasteiger partial charge in [0, 0.05) is 11.3 Å². The molecule has 0 heterocycles. The molecule has 0 fully saturated rings. The Morgan fingerprint density at radius 3 is 2.04 bits per heavy atom. The van der Waals surface area contributed by atoms with Crippen molar-refractivity contribution < 1.29 is 19.1 Å². The molecule has 0 spiro atoms. The second-order valence-corrected chi connectivity index (χ2v) is 5.71. The lowest BCUT2D eigenvalue weighted by Gasteiger charge is -2.25. The molecule has 0 saturated carbocycles. The predicted octanol–water partition coefficient (Wildman–Crippen LogP) is 4.46. The van der Waals surface area contributed by atoms with Gasteiger partial charge in [-0.2, -0.15) is 0 Å². The predicted molar refractivity (Wildman–Crippen MR) is 104 cm³/mol. The third-order valence-electron chi connectivity index (χ3n) is 4.10. The van der Waals surface area contributed by atoms with E-state index in [0.717, 1.165) is 0 Å². The molecule has 0 radical (unpaired) electrons. The molecule has 1 amide bonds. The SMILES string of the molecule is COC(=O)c1ccccc1N(C(=O)c1ccccc1)c1ccc(OC)cc1. The van der Waals surface area contributed by atoms with E-state index in [4.69, 9.17) is 9.47 Å². The summed E-state index contributed by atoms with van der Waals surface area (Å²) in [6, 6.07) is 22.8. The Morgan fingerprint density at radius 1 is 0.778 bits per heavy atom. The molecule has 0 saturated heterocycles. The van der Waals surface area contributed by atoms with Crippen LogP contribution < -0.4 is 9.64 Å². The molecular weight excluding hydrogens is 342 g/mol. The minimum Gasteiger partial charge on any atom is -0.497 e. The maximum atomic E-state index is 13.3.